The summed E-state index contributed by atoms with van der Waals surface area (Å²) in [5, 5.41) is 3.24. The number of carbonyl (C=O) groups excluding carboxylic acids is 1. The van der Waals surface area contributed by atoms with Crippen LogP contribution in [0.15, 0.2) is 0 Å². The van der Waals surface area contributed by atoms with Gasteiger partial charge in [0.05, 0.1) is 12.7 Å². The van der Waals surface area contributed by atoms with Gasteiger partial charge in [-0.2, -0.15) is 0 Å². The van der Waals surface area contributed by atoms with Gasteiger partial charge in [0.25, 0.3) is 0 Å². The van der Waals surface area contributed by atoms with Gasteiger partial charge >= 0.3 is 6.03 Å². The summed E-state index contributed by atoms with van der Waals surface area (Å²) in [6.07, 6.45) is 0.172. The number of morpholine rings is 1. The molecule has 2 fully saturated rings. The Balaban J connectivity index is 1.88. The average molecular weight is 213 g/mol. The summed E-state index contributed by atoms with van der Waals surface area (Å²) in [6, 6.07) is 0.173. The molecule has 2 aliphatic rings. The Morgan fingerprint density at radius 3 is 2.67 bits per heavy atom. The fourth-order valence-corrected chi connectivity index (χ4v) is 2.05. The quantitative estimate of drug-likeness (QED) is 0.602. The summed E-state index contributed by atoms with van der Waals surface area (Å²) in [7, 11) is 0. The van der Waals surface area contributed by atoms with Crippen LogP contribution in [0, 0.1) is 0 Å². The van der Waals surface area contributed by atoms with Gasteiger partial charge in [-0.3, -0.25) is 0 Å². The second-order valence-corrected chi connectivity index (χ2v) is 4.15. The highest BCUT2D eigenvalue weighted by Crippen LogP contribution is 2.08. The lowest BCUT2D eigenvalue weighted by atomic mass is 10.3. The molecule has 2 rings (SSSR count). The van der Waals surface area contributed by atoms with Crippen LogP contribution in [-0.2, 0) is 4.74 Å². The van der Waals surface area contributed by atoms with Crippen LogP contribution in [0.25, 0.3) is 0 Å². The lowest BCUT2D eigenvalue weighted by molar-refractivity contribution is -0.00958. The van der Waals surface area contributed by atoms with Gasteiger partial charge in [-0.25, -0.2) is 4.79 Å². The van der Waals surface area contributed by atoms with Crippen molar-refractivity contribution in [3.63, 3.8) is 0 Å². The third-order valence-electron chi connectivity index (χ3n) is 2.90. The van der Waals surface area contributed by atoms with Crippen molar-refractivity contribution in [2.24, 2.45) is 0 Å². The minimum atomic E-state index is 0.172. The molecule has 0 aliphatic carbocycles. The van der Waals surface area contributed by atoms with E-state index in [4.69, 9.17) is 4.74 Å². The first kappa shape index (κ1) is 10.7. The van der Waals surface area contributed by atoms with Gasteiger partial charge in [-0.15, -0.1) is 0 Å². The molecule has 2 amide bonds. The van der Waals surface area contributed by atoms with Gasteiger partial charge in [-0.05, 0) is 6.92 Å². The van der Waals surface area contributed by atoms with E-state index in [1.165, 1.54) is 0 Å². The van der Waals surface area contributed by atoms with Crippen molar-refractivity contribution >= 4 is 6.03 Å². The lowest BCUT2D eigenvalue weighted by Crippen LogP contribution is -2.54. The first-order chi connectivity index (χ1) is 7.27. The summed E-state index contributed by atoms with van der Waals surface area (Å²) in [5.74, 6) is 0. The standard InChI is InChI=1S/C10H19N3O2/c1-9-8-13(6-7-15-9)10(14)12-4-2-11-3-5-12/h9,11H,2-8H2,1H3. The molecular formula is C10H19N3O2. The Hall–Kier alpha value is -0.810. The second kappa shape index (κ2) is 4.81. The van der Waals surface area contributed by atoms with Crippen LogP contribution in [0.3, 0.4) is 0 Å². The number of rotatable bonds is 0. The van der Waals surface area contributed by atoms with Crippen LogP contribution in [0.2, 0.25) is 0 Å². The van der Waals surface area contributed by atoms with Crippen molar-refractivity contribution in [1.29, 1.82) is 0 Å². The molecule has 0 radical (unpaired) electrons. The van der Waals surface area contributed by atoms with E-state index >= 15 is 0 Å². The van der Waals surface area contributed by atoms with Crippen molar-refractivity contribution in [2.75, 3.05) is 45.9 Å². The number of urea groups is 1. The molecule has 2 saturated heterocycles. The summed E-state index contributed by atoms with van der Waals surface area (Å²) in [5.41, 5.74) is 0. The van der Waals surface area contributed by atoms with Crippen LogP contribution in [0.1, 0.15) is 6.92 Å². The SMILES string of the molecule is CC1CN(C(=O)N2CCNCC2)CCO1. The highest BCUT2D eigenvalue weighted by molar-refractivity contribution is 5.74. The third kappa shape index (κ3) is 2.60. The third-order valence-corrected chi connectivity index (χ3v) is 2.90. The summed E-state index contributed by atoms with van der Waals surface area (Å²) >= 11 is 0. The number of hydrogen-bond donors (Lipinski definition) is 1. The highest BCUT2D eigenvalue weighted by Gasteiger charge is 2.26. The average Bonchev–Trinajstić information content (AvgIpc) is 2.29. The molecule has 0 spiro atoms. The fourth-order valence-electron chi connectivity index (χ4n) is 2.05. The summed E-state index contributed by atoms with van der Waals surface area (Å²) in [4.78, 5) is 15.9. The van der Waals surface area contributed by atoms with Crippen LogP contribution < -0.4 is 5.32 Å². The molecule has 2 aliphatic heterocycles. The summed E-state index contributed by atoms with van der Waals surface area (Å²) < 4.78 is 5.42. The van der Waals surface area contributed by atoms with Gasteiger partial charge in [0.2, 0.25) is 0 Å². The number of carbonyl (C=O) groups is 1. The topological polar surface area (TPSA) is 44.8 Å². The van der Waals surface area contributed by atoms with Crippen LogP contribution in [-0.4, -0.2) is 67.8 Å². The van der Waals surface area contributed by atoms with E-state index < -0.39 is 0 Å². The molecule has 1 N–H and O–H groups in total. The largest absolute Gasteiger partial charge is 0.375 e. The summed E-state index contributed by atoms with van der Waals surface area (Å²) in [6.45, 7) is 7.60. The van der Waals surface area contributed by atoms with Gasteiger partial charge in [0, 0.05) is 39.3 Å². The van der Waals surface area contributed by atoms with Gasteiger partial charge < -0.3 is 19.9 Å². The Bertz CT molecular complexity index is 229. The zero-order valence-corrected chi connectivity index (χ0v) is 9.24. The molecule has 15 heavy (non-hydrogen) atoms. The molecule has 0 aromatic carbocycles. The minimum Gasteiger partial charge on any atom is -0.375 e. The number of nitrogens with one attached hydrogen (secondary N) is 1. The predicted molar refractivity (Wildman–Crippen MR) is 56.8 cm³/mol. The minimum absolute atomic E-state index is 0.172. The Kier molecular flexibility index (Phi) is 3.43. The maximum Gasteiger partial charge on any atom is 0.320 e. The van der Waals surface area contributed by atoms with Gasteiger partial charge in [0.15, 0.2) is 0 Å². The Morgan fingerprint density at radius 2 is 2.00 bits per heavy atom. The molecule has 5 nitrogen and oxygen atoms in total. The predicted octanol–water partition coefficient (Wildman–Crippen LogP) is -0.268. The molecule has 0 aromatic heterocycles. The van der Waals surface area contributed by atoms with Crippen molar-refractivity contribution in [3.8, 4) is 0 Å². The first-order valence-electron chi connectivity index (χ1n) is 5.63. The maximum atomic E-state index is 12.1. The molecule has 86 valence electrons. The van der Waals surface area contributed by atoms with E-state index in [-0.39, 0.29) is 12.1 Å². The van der Waals surface area contributed by atoms with E-state index in [9.17, 15) is 4.79 Å². The first-order valence-corrected chi connectivity index (χ1v) is 5.63. The Labute approximate surface area is 90.4 Å². The number of piperazine rings is 1. The van der Waals surface area contributed by atoms with Gasteiger partial charge in [0.1, 0.15) is 0 Å². The molecule has 0 saturated carbocycles. The van der Waals surface area contributed by atoms with Crippen LogP contribution >= 0.6 is 0 Å². The number of amides is 2. The van der Waals surface area contributed by atoms with E-state index in [0.29, 0.717) is 6.61 Å². The number of ether oxygens (including phenoxy) is 1. The molecule has 2 heterocycles. The zero-order valence-electron chi connectivity index (χ0n) is 9.24. The van der Waals surface area contributed by atoms with Crippen LogP contribution in [0.5, 0.6) is 0 Å². The van der Waals surface area contributed by atoms with Crippen molar-refractivity contribution in [1.82, 2.24) is 15.1 Å². The van der Waals surface area contributed by atoms with E-state index in [1.807, 2.05) is 16.7 Å². The van der Waals surface area contributed by atoms with E-state index in [1.54, 1.807) is 0 Å². The Morgan fingerprint density at radius 1 is 1.27 bits per heavy atom. The monoisotopic (exact) mass is 213 g/mol. The maximum absolute atomic E-state index is 12.1. The van der Waals surface area contributed by atoms with E-state index in [2.05, 4.69) is 5.32 Å². The molecule has 1 unspecified atom stereocenters. The molecule has 0 aromatic rings. The van der Waals surface area contributed by atoms with Crippen LogP contribution in [0.4, 0.5) is 4.79 Å². The number of nitrogens with zero attached hydrogens (tertiary/aromatic N) is 2. The zero-order chi connectivity index (χ0) is 10.7. The molecule has 0 bridgehead atoms. The van der Waals surface area contributed by atoms with Gasteiger partial charge in [-0.1, -0.05) is 0 Å². The number of hydrogen-bond acceptors (Lipinski definition) is 3. The normalized spacial score (nSPS) is 27.9. The highest BCUT2D eigenvalue weighted by atomic mass is 16.5. The molecular weight excluding hydrogens is 194 g/mol. The second-order valence-electron chi connectivity index (χ2n) is 4.15. The molecule has 1 atom stereocenters. The van der Waals surface area contributed by atoms with Crippen molar-refractivity contribution in [2.45, 2.75) is 13.0 Å². The van der Waals surface area contributed by atoms with Crippen molar-refractivity contribution < 1.29 is 9.53 Å². The van der Waals surface area contributed by atoms with Crippen molar-refractivity contribution in [3.05, 3.63) is 0 Å². The fraction of sp³-hybridized carbons (Fsp3) is 0.900. The lowest BCUT2D eigenvalue weighted by Gasteiger charge is -2.37. The van der Waals surface area contributed by atoms with E-state index in [0.717, 1.165) is 39.3 Å². The smallest absolute Gasteiger partial charge is 0.320 e. The molecule has 5 heteroatoms.